The molecule has 0 aliphatic heterocycles. The van der Waals surface area contributed by atoms with Crippen molar-refractivity contribution in [3.05, 3.63) is 58.5 Å². The van der Waals surface area contributed by atoms with Gasteiger partial charge in [-0.25, -0.2) is 9.78 Å². The van der Waals surface area contributed by atoms with Crippen molar-refractivity contribution >= 4 is 17.0 Å². The van der Waals surface area contributed by atoms with Crippen LogP contribution in [-0.4, -0.2) is 27.7 Å². The van der Waals surface area contributed by atoms with Gasteiger partial charge in [-0.15, -0.1) is 0 Å². The molecule has 2 aromatic heterocycles. The first-order chi connectivity index (χ1) is 11.5. The Hall–Kier alpha value is -3.15. The van der Waals surface area contributed by atoms with Crippen molar-refractivity contribution in [2.24, 2.45) is 0 Å². The smallest absolute Gasteiger partial charge is 0.341 e. The minimum Gasteiger partial charge on any atom is -0.497 e. The molecule has 0 saturated heterocycles. The lowest BCUT2D eigenvalue weighted by Crippen LogP contribution is -2.26. The monoisotopic (exact) mass is 324 g/mol. The minimum absolute atomic E-state index is 0.252. The zero-order chi connectivity index (χ0) is 17.3. The summed E-state index contributed by atoms with van der Waals surface area (Å²) in [7, 11) is 1.60. The first-order valence-electron chi connectivity index (χ1n) is 7.46. The van der Waals surface area contributed by atoms with Gasteiger partial charge in [0.2, 0.25) is 0 Å². The maximum atomic E-state index is 12.2. The van der Waals surface area contributed by atoms with Crippen LogP contribution >= 0.6 is 0 Å². The Kier molecular flexibility index (Phi) is 4.04. The van der Waals surface area contributed by atoms with Gasteiger partial charge in [-0.05, 0) is 36.8 Å². The normalized spacial score (nSPS) is 10.8. The molecular formula is C18H16N2O4. The lowest BCUT2D eigenvalue weighted by molar-refractivity contribution is 0.0694. The molecule has 0 amide bonds. The fourth-order valence-corrected chi connectivity index (χ4v) is 2.65. The van der Waals surface area contributed by atoms with Gasteiger partial charge < -0.3 is 9.84 Å². The van der Waals surface area contributed by atoms with E-state index < -0.39 is 11.5 Å². The molecule has 2 heterocycles. The number of carbonyl (C=O) groups is 1. The third-order valence-electron chi connectivity index (χ3n) is 3.90. The molecular weight excluding hydrogens is 308 g/mol. The van der Waals surface area contributed by atoms with Crippen LogP contribution in [0.5, 0.6) is 5.75 Å². The fraction of sp³-hybridized carbons (Fsp3) is 0.167. The number of fused-ring (bicyclic) bond motifs is 1. The predicted molar refractivity (Wildman–Crippen MR) is 90.6 cm³/mol. The van der Waals surface area contributed by atoms with E-state index in [1.807, 2.05) is 30.3 Å². The predicted octanol–water partition coefficient (Wildman–Crippen LogP) is 2.79. The van der Waals surface area contributed by atoms with Gasteiger partial charge in [-0.1, -0.05) is 12.1 Å². The van der Waals surface area contributed by atoms with Crippen LogP contribution in [0.25, 0.3) is 22.2 Å². The number of aromatic nitrogens is 2. The molecule has 0 bridgehead atoms. The number of aryl methyl sites for hydroxylation is 1. The first-order valence-corrected chi connectivity index (χ1v) is 7.46. The highest BCUT2D eigenvalue weighted by Gasteiger charge is 2.15. The van der Waals surface area contributed by atoms with Gasteiger partial charge in [0.05, 0.1) is 7.11 Å². The molecule has 3 aromatic rings. The number of ether oxygens (including phenoxy) is 1. The van der Waals surface area contributed by atoms with E-state index in [-0.39, 0.29) is 5.56 Å². The van der Waals surface area contributed by atoms with Crippen molar-refractivity contribution in [2.45, 2.75) is 13.5 Å². The molecule has 0 aliphatic rings. The van der Waals surface area contributed by atoms with E-state index in [1.54, 1.807) is 20.2 Å². The SMILES string of the molecule is CCn1c(=O)c(C(=O)O)cc2cc(-c3ccc(OC)cc3)cnc21. The molecule has 0 radical (unpaired) electrons. The number of nitrogens with zero attached hydrogens (tertiary/aromatic N) is 2. The number of carboxylic acids is 1. The zero-order valence-corrected chi connectivity index (χ0v) is 13.3. The van der Waals surface area contributed by atoms with E-state index in [4.69, 9.17) is 4.74 Å². The molecule has 0 aliphatic carbocycles. The number of carboxylic acid groups (broad SMARTS) is 1. The van der Waals surface area contributed by atoms with Crippen LogP contribution in [-0.2, 0) is 6.54 Å². The van der Waals surface area contributed by atoms with Crippen LogP contribution < -0.4 is 10.3 Å². The van der Waals surface area contributed by atoms with Crippen molar-refractivity contribution in [1.82, 2.24) is 9.55 Å². The van der Waals surface area contributed by atoms with Crippen LogP contribution in [0.2, 0.25) is 0 Å². The molecule has 122 valence electrons. The fourth-order valence-electron chi connectivity index (χ4n) is 2.65. The Morgan fingerprint density at radius 2 is 1.92 bits per heavy atom. The topological polar surface area (TPSA) is 81.4 Å². The van der Waals surface area contributed by atoms with Crippen molar-refractivity contribution in [1.29, 1.82) is 0 Å². The van der Waals surface area contributed by atoms with E-state index >= 15 is 0 Å². The molecule has 6 heteroatoms. The minimum atomic E-state index is -1.24. The van der Waals surface area contributed by atoms with E-state index in [0.717, 1.165) is 16.9 Å². The summed E-state index contributed by atoms with van der Waals surface area (Å²) in [6.07, 6.45) is 1.68. The lowest BCUT2D eigenvalue weighted by Gasteiger charge is -2.10. The number of aromatic carboxylic acids is 1. The highest BCUT2D eigenvalue weighted by atomic mass is 16.5. The van der Waals surface area contributed by atoms with Gasteiger partial charge in [0.1, 0.15) is 17.0 Å². The number of benzene rings is 1. The lowest BCUT2D eigenvalue weighted by atomic mass is 10.1. The molecule has 1 aromatic carbocycles. The second-order valence-corrected chi connectivity index (χ2v) is 5.28. The molecule has 0 atom stereocenters. The molecule has 24 heavy (non-hydrogen) atoms. The Labute approximate surface area is 138 Å². The summed E-state index contributed by atoms with van der Waals surface area (Å²) < 4.78 is 6.51. The summed E-state index contributed by atoms with van der Waals surface area (Å²) in [5.41, 5.74) is 1.45. The van der Waals surface area contributed by atoms with E-state index in [1.165, 1.54) is 10.6 Å². The maximum Gasteiger partial charge on any atom is 0.341 e. The van der Waals surface area contributed by atoms with Crippen molar-refractivity contribution in [3.63, 3.8) is 0 Å². The summed E-state index contributed by atoms with van der Waals surface area (Å²) in [5, 5.41) is 9.85. The maximum absolute atomic E-state index is 12.2. The summed E-state index contributed by atoms with van der Waals surface area (Å²) in [4.78, 5) is 27.9. The third-order valence-corrected chi connectivity index (χ3v) is 3.90. The molecule has 6 nitrogen and oxygen atoms in total. The summed E-state index contributed by atoms with van der Waals surface area (Å²) in [5.74, 6) is -0.487. The summed E-state index contributed by atoms with van der Waals surface area (Å²) in [6, 6.07) is 10.7. The average molecular weight is 324 g/mol. The van der Waals surface area contributed by atoms with Gasteiger partial charge in [0.15, 0.2) is 0 Å². The zero-order valence-electron chi connectivity index (χ0n) is 13.3. The van der Waals surface area contributed by atoms with Crippen LogP contribution in [0.1, 0.15) is 17.3 Å². The standard InChI is InChI=1S/C18H16N2O4/c1-3-20-16-12(9-15(17(20)21)18(22)23)8-13(10-19-16)11-4-6-14(24-2)7-5-11/h4-10H,3H2,1-2H3,(H,22,23). The Bertz CT molecular complexity index is 975. The van der Waals surface area contributed by atoms with Gasteiger partial charge in [-0.3, -0.25) is 9.36 Å². The van der Waals surface area contributed by atoms with E-state index in [9.17, 15) is 14.7 Å². The van der Waals surface area contributed by atoms with Crippen LogP contribution in [0.3, 0.4) is 0 Å². The van der Waals surface area contributed by atoms with Crippen LogP contribution in [0, 0.1) is 0 Å². The number of hydrogen-bond donors (Lipinski definition) is 1. The highest BCUT2D eigenvalue weighted by Crippen LogP contribution is 2.24. The summed E-state index contributed by atoms with van der Waals surface area (Å²) in [6.45, 7) is 2.14. The third kappa shape index (κ3) is 2.62. The summed E-state index contributed by atoms with van der Waals surface area (Å²) >= 11 is 0. The van der Waals surface area contributed by atoms with Crippen LogP contribution in [0.4, 0.5) is 0 Å². The van der Waals surface area contributed by atoms with Gasteiger partial charge >= 0.3 is 5.97 Å². The largest absolute Gasteiger partial charge is 0.497 e. The van der Waals surface area contributed by atoms with Gasteiger partial charge in [-0.2, -0.15) is 0 Å². The van der Waals surface area contributed by atoms with Gasteiger partial charge in [0, 0.05) is 23.7 Å². The van der Waals surface area contributed by atoms with E-state index in [0.29, 0.717) is 17.6 Å². The molecule has 3 rings (SSSR count). The molecule has 0 saturated carbocycles. The van der Waals surface area contributed by atoms with Crippen molar-refractivity contribution in [2.75, 3.05) is 7.11 Å². The molecule has 0 spiro atoms. The second-order valence-electron chi connectivity index (χ2n) is 5.28. The highest BCUT2D eigenvalue weighted by molar-refractivity contribution is 5.92. The van der Waals surface area contributed by atoms with Crippen LogP contribution in [0.15, 0.2) is 47.4 Å². The van der Waals surface area contributed by atoms with Gasteiger partial charge in [0.25, 0.3) is 5.56 Å². The molecule has 0 unspecified atom stereocenters. The number of methoxy groups -OCH3 is 1. The van der Waals surface area contributed by atoms with E-state index in [2.05, 4.69) is 4.98 Å². The average Bonchev–Trinajstić information content (AvgIpc) is 2.60. The number of rotatable bonds is 4. The Morgan fingerprint density at radius 3 is 2.50 bits per heavy atom. The Morgan fingerprint density at radius 1 is 1.21 bits per heavy atom. The van der Waals surface area contributed by atoms with Crippen molar-refractivity contribution < 1.29 is 14.6 Å². The first kappa shape index (κ1) is 15.7. The number of hydrogen-bond acceptors (Lipinski definition) is 4. The molecule has 1 N–H and O–H groups in total. The molecule has 0 fully saturated rings. The second kappa shape index (κ2) is 6.16. The Balaban J connectivity index is 2.21. The quantitative estimate of drug-likeness (QED) is 0.798. The number of pyridine rings is 2. The van der Waals surface area contributed by atoms with Crippen molar-refractivity contribution in [3.8, 4) is 16.9 Å².